The monoisotopic (exact) mass is 361 g/mol. The van der Waals surface area contributed by atoms with Crippen LogP contribution in [0.4, 0.5) is 4.39 Å². The van der Waals surface area contributed by atoms with E-state index in [-0.39, 0.29) is 11.9 Å². The van der Waals surface area contributed by atoms with E-state index in [9.17, 15) is 4.39 Å². The van der Waals surface area contributed by atoms with Crippen LogP contribution in [0.1, 0.15) is 17.2 Å². The summed E-state index contributed by atoms with van der Waals surface area (Å²) < 4.78 is 13.7. The van der Waals surface area contributed by atoms with Crippen LogP contribution in [0.15, 0.2) is 40.9 Å². The topological polar surface area (TPSA) is 12.0 Å². The minimum atomic E-state index is -0.291. The zero-order valence-corrected chi connectivity index (χ0v) is 13.2. The van der Waals surface area contributed by atoms with Crippen LogP contribution in [-0.2, 0) is 0 Å². The molecule has 19 heavy (non-hydrogen) atoms. The lowest BCUT2D eigenvalue weighted by molar-refractivity contribution is 0.616. The Balaban J connectivity index is 2.46. The van der Waals surface area contributed by atoms with Crippen molar-refractivity contribution in [2.45, 2.75) is 6.04 Å². The number of rotatable bonds is 3. The van der Waals surface area contributed by atoms with Gasteiger partial charge in [-0.15, -0.1) is 0 Å². The van der Waals surface area contributed by atoms with Gasteiger partial charge < -0.3 is 5.32 Å². The fraction of sp³-hybridized carbons (Fsp3) is 0.143. The van der Waals surface area contributed by atoms with Crippen LogP contribution in [0.2, 0.25) is 10.0 Å². The van der Waals surface area contributed by atoms with Crippen LogP contribution in [0.25, 0.3) is 0 Å². The van der Waals surface area contributed by atoms with Gasteiger partial charge in [0.25, 0.3) is 0 Å². The highest BCUT2D eigenvalue weighted by Gasteiger charge is 2.16. The van der Waals surface area contributed by atoms with Crippen LogP contribution in [0, 0.1) is 5.82 Å². The van der Waals surface area contributed by atoms with Crippen molar-refractivity contribution in [2.24, 2.45) is 0 Å². The molecule has 0 aliphatic heterocycles. The molecule has 0 amide bonds. The Labute approximate surface area is 129 Å². The van der Waals surface area contributed by atoms with Gasteiger partial charge in [0.05, 0.1) is 10.5 Å². The van der Waals surface area contributed by atoms with Crippen molar-refractivity contribution >= 4 is 39.1 Å². The van der Waals surface area contributed by atoms with Crippen molar-refractivity contribution in [3.05, 3.63) is 67.9 Å². The minimum Gasteiger partial charge on any atom is -0.309 e. The van der Waals surface area contributed by atoms with E-state index in [4.69, 9.17) is 23.2 Å². The van der Waals surface area contributed by atoms with Crippen LogP contribution in [0.3, 0.4) is 0 Å². The summed E-state index contributed by atoms with van der Waals surface area (Å²) in [7, 11) is 1.83. The van der Waals surface area contributed by atoms with Crippen molar-refractivity contribution < 1.29 is 4.39 Å². The van der Waals surface area contributed by atoms with Crippen LogP contribution in [-0.4, -0.2) is 7.05 Å². The maximum absolute atomic E-state index is 13.3. The molecule has 2 aromatic carbocycles. The molecule has 2 aromatic rings. The van der Waals surface area contributed by atoms with Crippen molar-refractivity contribution in [3.63, 3.8) is 0 Å². The fourth-order valence-electron chi connectivity index (χ4n) is 1.93. The molecule has 0 fully saturated rings. The van der Waals surface area contributed by atoms with E-state index < -0.39 is 0 Å². The smallest absolute Gasteiger partial charge is 0.137 e. The number of hydrogen-bond acceptors (Lipinski definition) is 1. The SMILES string of the molecule is CNC(c1ccc(F)c(Br)c1)c1ccc(Cl)cc1Cl. The highest BCUT2D eigenvalue weighted by molar-refractivity contribution is 9.10. The second-order valence-corrected chi connectivity index (χ2v) is 5.76. The molecule has 0 saturated heterocycles. The molecular formula is C14H11BrCl2FN. The van der Waals surface area contributed by atoms with E-state index in [0.29, 0.717) is 14.5 Å². The Hall–Kier alpha value is -0.610. The maximum Gasteiger partial charge on any atom is 0.137 e. The standard InChI is InChI=1S/C14H11BrCl2FN/c1-19-14(8-2-5-13(18)11(15)6-8)10-4-3-9(16)7-12(10)17/h2-7,14,19H,1H3. The molecule has 0 aliphatic carbocycles. The molecule has 1 unspecified atom stereocenters. The predicted molar refractivity (Wildman–Crippen MR) is 81.5 cm³/mol. The Bertz CT molecular complexity index is 604. The molecule has 0 saturated carbocycles. The molecule has 0 spiro atoms. The molecule has 0 heterocycles. The highest BCUT2D eigenvalue weighted by atomic mass is 79.9. The third-order valence-corrected chi connectivity index (χ3v) is 4.01. The van der Waals surface area contributed by atoms with Gasteiger partial charge in [0.15, 0.2) is 0 Å². The first-order valence-electron chi connectivity index (χ1n) is 5.60. The Morgan fingerprint density at radius 2 is 1.89 bits per heavy atom. The lowest BCUT2D eigenvalue weighted by Gasteiger charge is -2.19. The summed E-state index contributed by atoms with van der Waals surface area (Å²) >= 11 is 15.3. The van der Waals surface area contributed by atoms with E-state index in [2.05, 4.69) is 21.2 Å². The zero-order valence-electron chi connectivity index (χ0n) is 10.1. The fourth-order valence-corrected chi connectivity index (χ4v) is 2.84. The highest BCUT2D eigenvalue weighted by Crippen LogP contribution is 2.31. The maximum atomic E-state index is 13.3. The lowest BCUT2D eigenvalue weighted by Crippen LogP contribution is -2.18. The summed E-state index contributed by atoms with van der Waals surface area (Å²) in [4.78, 5) is 0. The van der Waals surface area contributed by atoms with E-state index in [1.807, 2.05) is 13.1 Å². The first-order valence-corrected chi connectivity index (χ1v) is 7.15. The van der Waals surface area contributed by atoms with Gasteiger partial charge in [-0.25, -0.2) is 4.39 Å². The normalized spacial score (nSPS) is 12.5. The molecule has 5 heteroatoms. The number of hydrogen-bond donors (Lipinski definition) is 1. The third kappa shape index (κ3) is 3.29. The molecule has 1 nitrogen and oxygen atoms in total. The summed E-state index contributed by atoms with van der Waals surface area (Å²) in [5.74, 6) is -0.291. The average Bonchev–Trinajstić information content (AvgIpc) is 2.37. The van der Waals surface area contributed by atoms with Crippen molar-refractivity contribution in [3.8, 4) is 0 Å². The van der Waals surface area contributed by atoms with Crippen LogP contribution >= 0.6 is 39.1 Å². The summed E-state index contributed by atoms with van der Waals surface area (Å²) in [6.07, 6.45) is 0. The van der Waals surface area contributed by atoms with Crippen LogP contribution in [0.5, 0.6) is 0 Å². The summed E-state index contributed by atoms with van der Waals surface area (Å²) in [6, 6.07) is 10.1. The largest absolute Gasteiger partial charge is 0.309 e. The molecule has 0 radical (unpaired) electrons. The molecule has 0 bridgehead atoms. The van der Waals surface area contributed by atoms with E-state index in [1.165, 1.54) is 6.07 Å². The Morgan fingerprint density at radius 3 is 2.47 bits per heavy atom. The van der Waals surface area contributed by atoms with E-state index >= 15 is 0 Å². The Kier molecular flexibility index (Phi) is 4.85. The molecule has 1 atom stereocenters. The molecular weight excluding hydrogens is 352 g/mol. The van der Waals surface area contributed by atoms with Gasteiger partial charge in [0, 0.05) is 10.0 Å². The number of nitrogens with one attached hydrogen (secondary N) is 1. The van der Waals surface area contributed by atoms with Gasteiger partial charge >= 0.3 is 0 Å². The quantitative estimate of drug-likeness (QED) is 0.790. The lowest BCUT2D eigenvalue weighted by atomic mass is 9.99. The minimum absolute atomic E-state index is 0.123. The van der Waals surface area contributed by atoms with Gasteiger partial charge in [-0.05, 0) is 58.4 Å². The average molecular weight is 363 g/mol. The van der Waals surface area contributed by atoms with E-state index in [1.54, 1.807) is 24.3 Å². The second-order valence-electron chi connectivity index (χ2n) is 4.06. The molecule has 2 rings (SSSR count). The zero-order chi connectivity index (χ0) is 14.0. The first kappa shape index (κ1) is 14.8. The van der Waals surface area contributed by atoms with Gasteiger partial charge in [0.1, 0.15) is 5.82 Å². The Morgan fingerprint density at radius 1 is 1.16 bits per heavy atom. The van der Waals surface area contributed by atoms with Gasteiger partial charge in [0.2, 0.25) is 0 Å². The van der Waals surface area contributed by atoms with Gasteiger partial charge in [-0.3, -0.25) is 0 Å². The van der Waals surface area contributed by atoms with Crippen molar-refractivity contribution in [2.75, 3.05) is 7.05 Å². The molecule has 100 valence electrons. The van der Waals surface area contributed by atoms with Gasteiger partial charge in [-0.1, -0.05) is 35.3 Å². The third-order valence-electron chi connectivity index (χ3n) is 2.84. The van der Waals surface area contributed by atoms with Crippen molar-refractivity contribution in [1.29, 1.82) is 0 Å². The van der Waals surface area contributed by atoms with Gasteiger partial charge in [-0.2, -0.15) is 0 Å². The molecule has 0 aliphatic rings. The summed E-state index contributed by atoms with van der Waals surface area (Å²) in [6.45, 7) is 0. The van der Waals surface area contributed by atoms with Crippen molar-refractivity contribution in [1.82, 2.24) is 5.32 Å². The second kappa shape index (κ2) is 6.23. The molecule has 0 aromatic heterocycles. The first-order chi connectivity index (χ1) is 9.02. The number of halogens is 4. The van der Waals surface area contributed by atoms with E-state index in [0.717, 1.165) is 11.1 Å². The van der Waals surface area contributed by atoms with Crippen LogP contribution < -0.4 is 5.32 Å². The predicted octanol–water partition coefficient (Wildman–Crippen LogP) is 5.20. The summed E-state index contributed by atoms with van der Waals surface area (Å²) in [5, 5.41) is 4.33. The number of benzene rings is 2. The summed E-state index contributed by atoms with van der Waals surface area (Å²) in [5.41, 5.74) is 1.81. The molecule has 1 N–H and O–H groups in total.